The monoisotopic (exact) mass is 602 g/mol. The maximum absolute atomic E-state index is 13.0. The van der Waals surface area contributed by atoms with Gasteiger partial charge < -0.3 is 47.6 Å². The molecule has 6 amide bonds. The molecule has 16 heteroatoms. The Bertz CT molecular complexity index is 985. The van der Waals surface area contributed by atoms with Crippen molar-refractivity contribution in [3.63, 3.8) is 0 Å². The highest BCUT2D eigenvalue weighted by atomic mass is 16.4. The molecule has 0 aliphatic rings. The molecule has 10 N–H and O–H groups in total. The first-order valence-electron chi connectivity index (χ1n) is 13.6. The molecule has 16 nitrogen and oxygen atoms in total. The number of aliphatic hydroxyl groups excluding tert-OH is 2. The largest absolute Gasteiger partial charge is 0.481 e. The van der Waals surface area contributed by atoms with Gasteiger partial charge in [-0.1, -0.05) is 27.7 Å². The molecule has 0 aliphatic carbocycles. The van der Waals surface area contributed by atoms with Crippen LogP contribution >= 0.6 is 0 Å². The quantitative estimate of drug-likeness (QED) is 0.0780. The van der Waals surface area contributed by atoms with E-state index in [4.69, 9.17) is 5.73 Å². The van der Waals surface area contributed by atoms with E-state index in [1.165, 1.54) is 13.8 Å². The molecule has 7 atom stereocenters. The maximum Gasteiger partial charge on any atom is 0.305 e. The van der Waals surface area contributed by atoms with Gasteiger partial charge in [-0.2, -0.15) is 0 Å². The van der Waals surface area contributed by atoms with Crippen molar-refractivity contribution in [3.05, 3.63) is 0 Å². The molecule has 0 spiro atoms. The Morgan fingerprint density at radius 1 is 0.595 bits per heavy atom. The first-order valence-corrected chi connectivity index (χ1v) is 13.6. The van der Waals surface area contributed by atoms with E-state index in [-0.39, 0.29) is 24.7 Å². The number of carbonyl (C=O) groups excluding carboxylic acids is 6. The Morgan fingerprint density at radius 2 is 0.976 bits per heavy atom. The van der Waals surface area contributed by atoms with Gasteiger partial charge in [-0.05, 0) is 38.5 Å². The zero-order valence-electron chi connectivity index (χ0n) is 25.1. The third kappa shape index (κ3) is 14.2. The number of nitrogens with one attached hydrogen (secondary N) is 5. The lowest BCUT2D eigenvalue weighted by atomic mass is 10.0. The molecule has 0 aromatic rings. The van der Waals surface area contributed by atoms with Crippen molar-refractivity contribution in [2.75, 3.05) is 0 Å². The number of aliphatic carboxylic acids is 1. The molecule has 0 aromatic carbocycles. The van der Waals surface area contributed by atoms with Gasteiger partial charge in [0.1, 0.15) is 30.2 Å². The van der Waals surface area contributed by atoms with Crippen molar-refractivity contribution in [1.82, 2.24) is 26.6 Å². The van der Waals surface area contributed by atoms with Gasteiger partial charge in [-0.15, -0.1) is 0 Å². The second kappa shape index (κ2) is 17.9. The number of carboxylic acids is 1. The number of aliphatic hydroxyl groups is 2. The predicted octanol–water partition coefficient (Wildman–Crippen LogP) is -2.76. The van der Waals surface area contributed by atoms with Gasteiger partial charge >= 0.3 is 5.97 Å². The molecule has 0 fully saturated rings. The summed E-state index contributed by atoms with van der Waals surface area (Å²) in [6.07, 6.45) is -3.60. The normalized spacial score (nSPS) is 16.2. The van der Waals surface area contributed by atoms with E-state index in [0.29, 0.717) is 0 Å². The van der Waals surface area contributed by atoms with Gasteiger partial charge in [0.15, 0.2) is 0 Å². The Hall–Kier alpha value is -3.79. The summed E-state index contributed by atoms with van der Waals surface area (Å²) >= 11 is 0. The molecule has 0 radical (unpaired) electrons. The van der Waals surface area contributed by atoms with Crippen LogP contribution in [0.4, 0.5) is 0 Å². The molecular weight excluding hydrogens is 556 g/mol. The summed E-state index contributed by atoms with van der Waals surface area (Å²) in [5.74, 6) is -6.98. The van der Waals surface area contributed by atoms with Crippen LogP contribution in [0.15, 0.2) is 0 Å². The van der Waals surface area contributed by atoms with E-state index in [1.807, 2.05) is 0 Å². The van der Waals surface area contributed by atoms with Crippen molar-refractivity contribution in [1.29, 1.82) is 0 Å². The predicted molar refractivity (Wildman–Crippen MR) is 149 cm³/mol. The summed E-state index contributed by atoms with van der Waals surface area (Å²) in [5, 5.41) is 41.1. The first kappa shape index (κ1) is 38.2. The van der Waals surface area contributed by atoms with Crippen molar-refractivity contribution in [2.24, 2.45) is 17.6 Å². The molecule has 0 unspecified atom stereocenters. The highest BCUT2D eigenvalue weighted by Gasteiger charge is 2.36. The van der Waals surface area contributed by atoms with E-state index in [9.17, 15) is 48.9 Å². The van der Waals surface area contributed by atoms with Crippen LogP contribution in [0.3, 0.4) is 0 Å². The van der Waals surface area contributed by atoms with Crippen LogP contribution in [0.5, 0.6) is 0 Å². The fourth-order valence-electron chi connectivity index (χ4n) is 3.89. The van der Waals surface area contributed by atoms with Crippen molar-refractivity contribution in [3.8, 4) is 0 Å². The summed E-state index contributed by atoms with van der Waals surface area (Å²) in [7, 11) is 0. The van der Waals surface area contributed by atoms with Crippen molar-refractivity contribution in [2.45, 2.75) is 110 Å². The minimum Gasteiger partial charge on any atom is -0.481 e. The van der Waals surface area contributed by atoms with Gasteiger partial charge in [0.05, 0.1) is 18.6 Å². The minimum atomic E-state index is -1.76. The molecule has 0 saturated heterocycles. The second-order valence-electron chi connectivity index (χ2n) is 11.1. The van der Waals surface area contributed by atoms with Gasteiger partial charge in [0.25, 0.3) is 0 Å². The Morgan fingerprint density at radius 3 is 1.36 bits per heavy atom. The SMILES string of the molecule is CC(=O)N[C@@H](CC(C)C)C(=O)N[C@@H](CC(=O)O)C(=O)N[C@H](C(=O)N[C@H](C(=O)N[C@@H](CC(C)C)C(N)=O)[C@@H](C)O)[C@@H](C)O. The smallest absolute Gasteiger partial charge is 0.305 e. The molecule has 0 rings (SSSR count). The zero-order valence-corrected chi connectivity index (χ0v) is 25.1. The number of carboxylic acid groups (broad SMARTS) is 1. The van der Waals surface area contributed by atoms with Crippen LogP contribution in [0, 0.1) is 11.8 Å². The van der Waals surface area contributed by atoms with Crippen LogP contribution in [0.1, 0.15) is 67.7 Å². The van der Waals surface area contributed by atoms with E-state index in [1.54, 1.807) is 27.7 Å². The third-order valence-electron chi connectivity index (χ3n) is 5.91. The number of hydrogen-bond acceptors (Lipinski definition) is 9. The Labute approximate surface area is 244 Å². The van der Waals surface area contributed by atoms with Crippen LogP contribution in [0.25, 0.3) is 0 Å². The summed E-state index contributed by atoms with van der Waals surface area (Å²) in [5.41, 5.74) is 5.34. The maximum atomic E-state index is 13.0. The molecule has 0 bridgehead atoms. The molecule has 0 saturated carbocycles. The standard InChI is InChI=1S/C26H46N6O10/c1-11(2)8-16(22(27)38)29-25(41)20(13(5)33)32-26(42)21(14(6)34)31-24(40)18(10-19(36)37)30-23(39)17(9-12(3)4)28-15(7)35/h11-14,16-18,20-21,33-34H,8-10H2,1-7H3,(H2,27,38)(H,28,35)(H,29,41)(H,30,39)(H,31,40)(H,32,42)(H,36,37)/t13-,14-,16+,17+,18+,20+,21+/m1/s1. The zero-order chi connectivity index (χ0) is 32.9. The van der Waals surface area contributed by atoms with E-state index in [2.05, 4.69) is 26.6 Å². The molecule has 0 heterocycles. The average Bonchev–Trinajstić information content (AvgIpc) is 2.82. The van der Waals surface area contributed by atoms with Crippen molar-refractivity contribution >= 4 is 41.4 Å². The van der Waals surface area contributed by atoms with Crippen LogP contribution in [-0.2, 0) is 33.6 Å². The highest BCUT2D eigenvalue weighted by Crippen LogP contribution is 2.08. The minimum absolute atomic E-state index is 0.0321. The van der Waals surface area contributed by atoms with Crippen LogP contribution in [-0.4, -0.2) is 99.1 Å². The summed E-state index contributed by atoms with van der Waals surface area (Å²) in [6.45, 7) is 10.7. The van der Waals surface area contributed by atoms with Gasteiger partial charge in [-0.3, -0.25) is 33.6 Å². The van der Waals surface area contributed by atoms with Gasteiger partial charge in [-0.25, -0.2) is 0 Å². The topological polar surface area (TPSA) is 266 Å². The third-order valence-corrected chi connectivity index (χ3v) is 5.91. The fraction of sp³-hybridized carbons (Fsp3) is 0.731. The van der Waals surface area contributed by atoms with E-state index >= 15 is 0 Å². The average molecular weight is 603 g/mol. The van der Waals surface area contributed by atoms with Gasteiger partial charge in [0, 0.05) is 6.92 Å². The summed E-state index contributed by atoms with van der Waals surface area (Å²) in [4.78, 5) is 86.4. The van der Waals surface area contributed by atoms with Gasteiger partial charge in [0.2, 0.25) is 35.4 Å². The first-order chi connectivity index (χ1) is 19.3. The molecule has 0 aromatic heterocycles. The Balaban J connectivity index is 5.87. The number of hydrogen-bond donors (Lipinski definition) is 9. The number of rotatable bonds is 18. The lowest BCUT2D eigenvalue weighted by molar-refractivity contribution is -0.142. The molecule has 240 valence electrons. The lowest BCUT2D eigenvalue weighted by Crippen LogP contribution is -2.63. The molecular formula is C26H46N6O10. The second-order valence-corrected chi connectivity index (χ2v) is 11.1. The molecule has 0 aliphatic heterocycles. The van der Waals surface area contributed by atoms with Crippen molar-refractivity contribution < 1.29 is 48.9 Å². The number of nitrogens with two attached hydrogens (primary N) is 1. The van der Waals surface area contributed by atoms with Crippen LogP contribution in [0.2, 0.25) is 0 Å². The van der Waals surface area contributed by atoms with Crippen LogP contribution < -0.4 is 32.3 Å². The number of amides is 6. The Kier molecular flexibility index (Phi) is 16.3. The fourth-order valence-corrected chi connectivity index (χ4v) is 3.89. The summed E-state index contributed by atoms with van der Waals surface area (Å²) < 4.78 is 0. The summed E-state index contributed by atoms with van der Waals surface area (Å²) in [6, 6.07) is -7.28. The lowest BCUT2D eigenvalue weighted by Gasteiger charge is -2.28. The number of primary amides is 1. The number of carbonyl (C=O) groups is 7. The molecule has 42 heavy (non-hydrogen) atoms. The van der Waals surface area contributed by atoms with E-state index < -0.39 is 90.3 Å². The highest BCUT2D eigenvalue weighted by molar-refractivity contribution is 5.97. The van der Waals surface area contributed by atoms with E-state index in [0.717, 1.165) is 6.92 Å².